The Bertz CT molecular complexity index is 836. The molecule has 1 fully saturated rings. The van der Waals surface area contributed by atoms with Crippen LogP contribution in [0.15, 0.2) is 53.7 Å². The van der Waals surface area contributed by atoms with E-state index in [0.29, 0.717) is 37.1 Å². The number of benzene rings is 2. The highest BCUT2D eigenvalue weighted by molar-refractivity contribution is 5.98. The van der Waals surface area contributed by atoms with Crippen LogP contribution in [0, 0.1) is 5.92 Å². The van der Waals surface area contributed by atoms with Gasteiger partial charge < -0.3 is 14.5 Å². The highest BCUT2D eigenvalue weighted by atomic mass is 16.6. The maximum Gasteiger partial charge on any atom is 0.253 e. The average Bonchev–Trinajstić information content (AvgIpc) is 2.77. The molecule has 146 valence electrons. The van der Waals surface area contributed by atoms with Crippen molar-refractivity contribution in [1.82, 2.24) is 4.90 Å². The van der Waals surface area contributed by atoms with Gasteiger partial charge in [0, 0.05) is 30.1 Å². The first-order chi connectivity index (χ1) is 13.6. The van der Waals surface area contributed by atoms with Gasteiger partial charge in [-0.25, -0.2) is 0 Å². The zero-order valence-corrected chi connectivity index (χ0v) is 16.1. The number of piperidine rings is 1. The zero-order valence-electron chi connectivity index (χ0n) is 16.1. The van der Waals surface area contributed by atoms with Crippen LogP contribution in [0.1, 0.15) is 39.1 Å². The fraction of sp³-hybridized carbons (Fsp3) is 0.318. The monoisotopic (exact) mass is 380 g/mol. The van der Waals surface area contributed by atoms with Crippen LogP contribution < -0.4 is 4.74 Å². The molecule has 1 heterocycles. The molecule has 0 radical (unpaired) electrons. The summed E-state index contributed by atoms with van der Waals surface area (Å²) in [5, 5.41) is 3.71. The van der Waals surface area contributed by atoms with Gasteiger partial charge in [0.15, 0.2) is 5.78 Å². The van der Waals surface area contributed by atoms with Crippen molar-refractivity contribution in [2.24, 2.45) is 11.1 Å². The summed E-state index contributed by atoms with van der Waals surface area (Å²) < 4.78 is 5.13. The number of ketones is 1. The van der Waals surface area contributed by atoms with E-state index in [-0.39, 0.29) is 17.6 Å². The number of Topliss-reactive ketones (excluding diaryl/α,β-unsaturated/α-hetero) is 1. The summed E-state index contributed by atoms with van der Waals surface area (Å²) >= 11 is 0. The number of carbonyl (C=O) groups is 2. The van der Waals surface area contributed by atoms with Gasteiger partial charge in [-0.1, -0.05) is 17.3 Å². The largest absolute Gasteiger partial charge is 0.497 e. The van der Waals surface area contributed by atoms with Crippen LogP contribution in [-0.2, 0) is 4.84 Å². The summed E-state index contributed by atoms with van der Waals surface area (Å²) in [5.41, 5.74) is 2.19. The lowest BCUT2D eigenvalue weighted by atomic mass is 9.88. The minimum atomic E-state index is -0.0509. The average molecular weight is 380 g/mol. The van der Waals surface area contributed by atoms with Crippen LogP contribution in [0.4, 0.5) is 0 Å². The molecule has 6 heteroatoms. The fourth-order valence-corrected chi connectivity index (χ4v) is 3.34. The Labute approximate surface area is 164 Å². The van der Waals surface area contributed by atoms with Crippen molar-refractivity contribution >= 4 is 17.9 Å². The lowest BCUT2D eigenvalue weighted by molar-refractivity contribution is 0.0650. The molecular formula is C22H24N2O4. The first-order valence-corrected chi connectivity index (χ1v) is 9.26. The molecule has 6 nitrogen and oxygen atoms in total. The lowest BCUT2D eigenvalue weighted by Gasteiger charge is -2.31. The summed E-state index contributed by atoms with van der Waals surface area (Å²) in [6.45, 7) is 1.16. The second-order valence-corrected chi connectivity index (χ2v) is 6.70. The number of rotatable bonds is 6. The maximum atomic E-state index is 12.7. The van der Waals surface area contributed by atoms with Crippen LogP contribution in [0.3, 0.4) is 0 Å². The second kappa shape index (κ2) is 9.17. The fourth-order valence-electron chi connectivity index (χ4n) is 3.34. The van der Waals surface area contributed by atoms with E-state index in [2.05, 4.69) is 9.99 Å². The highest BCUT2D eigenvalue weighted by Crippen LogP contribution is 2.24. The SMILES string of the molecule is CO/N=C/c1ccc(C(=O)N2CCC(C(=O)c3ccc(OC)cc3)CC2)cc1. The number of ether oxygens (including phenoxy) is 1. The first-order valence-electron chi connectivity index (χ1n) is 9.26. The summed E-state index contributed by atoms with van der Waals surface area (Å²) in [6.07, 6.45) is 2.94. The molecule has 0 atom stereocenters. The molecule has 3 rings (SSSR count). The Morgan fingerprint density at radius 3 is 2.14 bits per heavy atom. The van der Waals surface area contributed by atoms with Crippen LogP contribution in [0.25, 0.3) is 0 Å². The van der Waals surface area contributed by atoms with Gasteiger partial charge in [-0.2, -0.15) is 0 Å². The zero-order chi connectivity index (χ0) is 19.9. The number of carbonyl (C=O) groups excluding carboxylic acids is 2. The number of amides is 1. The van der Waals surface area contributed by atoms with Crippen LogP contribution >= 0.6 is 0 Å². The van der Waals surface area contributed by atoms with E-state index in [1.54, 1.807) is 49.7 Å². The number of likely N-dealkylation sites (tertiary alicyclic amines) is 1. The third kappa shape index (κ3) is 4.57. The molecule has 0 N–H and O–H groups in total. The van der Waals surface area contributed by atoms with Crippen molar-refractivity contribution in [2.45, 2.75) is 12.8 Å². The normalized spacial score (nSPS) is 14.9. The van der Waals surface area contributed by atoms with Crippen molar-refractivity contribution < 1.29 is 19.2 Å². The van der Waals surface area contributed by atoms with E-state index < -0.39 is 0 Å². The van der Waals surface area contributed by atoms with E-state index in [1.807, 2.05) is 17.0 Å². The van der Waals surface area contributed by atoms with Crippen molar-refractivity contribution in [2.75, 3.05) is 27.3 Å². The molecule has 1 saturated heterocycles. The smallest absolute Gasteiger partial charge is 0.253 e. The van der Waals surface area contributed by atoms with Gasteiger partial charge in [0.1, 0.15) is 12.9 Å². The second-order valence-electron chi connectivity index (χ2n) is 6.70. The molecule has 1 aliphatic rings. The number of oxime groups is 1. The van der Waals surface area contributed by atoms with Crippen molar-refractivity contribution in [3.05, 3.63) is 65.2 Å². The third-order valence-electron chi connectivity index (χ3n) is 4.99. The molecule has 0 saturated carbocycles. The molecule has 0 aromatic heterocycles. The van der Waals surface area contributed by atoms with E-state index in [9.17, 15) is 9.59 Å². The van der Waals surface area contributed by atoms with Gasteiger partial charge in [-0.05, 0) is 54.8 Å². The topological polar surface area (TPSA) is 68.2 Å². The Morgan fingerprint density at radius 1 is 0.964 bits per heavy atom. The Morgan fingerprint density at radius 2 is 1.57 bits per heavy atom. The molecule has 1 aliphatic heterocycles. The lowest BCUT2D eigenvalue weighted by Crippen LogP contribution is -2.40. The van der Waals surface area contributed by atoms with Crippen molar-refractivity contribution in [1.29, 1.82) is 0 Å². The van der Waals surface area contributed by atoms with Gasteiger partial charge in [-0.3, -0.25) is 9.59 Å². The molecule has 2 aromatic rings. The standard InChI is InChI=1S/C22H24N2O4/c1-27-20-9-7-17(8-10-20)21(25)18-11-13-24(14-12-18)22(26)19-5-3-16(4-6-19)15-23-28-2/h3-10,15,18H,11-14H2,1-2H3/b23-15+. The van der Waals surface area contributed by atoms with Gasteiger partial charge in [0.25, 0.3) is 5.91 Å². The minimum Gasteiger partial charge on any atom is -0.497 e. The van der Waals surface area contributed by atoms with E-state index >= 15 is 0 Å². The molecule has 0 spiro atoms. The molecule has 0 aliphatic carbocycles. The van der Waals surface area contributed by atoms with Crippen LogP contribution in [-0.4, -0.2) is 50.1 Å². The molecule has 0 bridgehead atoms. The van der Waals surface area contributed by atoms with Crippen molar-refractivity contribution in [3.63, 3.8) is 0 Å². The molecule has 0 unspecified atom stereocenters. The summed E-state index contributed by atoms with van der Waals surface area (Å²) in [5.74, 6) is 0.809. The van der Waals surface area contributed by atoms with Gasteiger partial charge >= 0.3 is 0 Å². The Kier molecular flexibility index (Phi) is 6.42. The number of methoxy groups -OCH3 is 1. The first kappa shape index (κ1) is 19.6. The quantitative estimate of drug-likeness (QED) is 0.438. The van der Waals surface area contributed by atoms with Crippen molar-refractivity contribution in [3.8, 4) is 5.75 Å². The van der Waals surface area contributed by atoms with Crippen LogP contribution in [0.5, 0.6) is 5.75 Å². The number of nitrogens with zero attached hydrogens (tertiary/aromatic N) is 2. The Hall–Kier alpha value is -3.15. The molecule has 1 amide bonds. The molecular weight excluding hydrogens is 356 g/mol. The summed E-state index contributed by atoms with van der Waals surface area (Å²) in [4.78, 5) is 31.9. The van der Waals surface area contributed by atoms with Gasteiger partial charge in [0.05, 0.1) is 13.3 Å². The molecule has 2 aromatic carbocycles. The maximum absolute atomic E-state index is 12.7. The highest BCUT2D eigenvalue weighted by Gasteiger charge is 2.28. The van der Waals surface area contributed by atoms with E-state index in [1.165, 1.54) is 7.11 Å². The Balaban J connectivity index is 1.57. The number of hydrogen-bond acceptors (Lipinski definition) is 5. The predicted octanol–water partition coefficient (Wildman–Crippen LogP) is 3.41. The van der Waals surface area contributed by atoms with E-state index in [0.717, 1.165) is 11.3 Å². The third-order valence-corrected chi connectivity index (χ3v) is 4.99. The van der Waals surface area contributed by atoms with Gasteiger partial charge in [0.2, 0.25) is 0 Å². The summed E-state index contributed by atoms with van der Waals surface area (Å²) in [6, 6.07) is 14.4. The predicted molar refractivity (Wildman–Crippen MR) is 107 cm³/mol. The van der Waals surface area contributed by atoms with Crippen LogP contribution in [0.2, 0.25) is 0 Å². The van der Waals surface area contributed by atoms with E-state index in [4.69, 9.17) is 4.74 Å². The minimum absolute atomic E-state index is 0.00873. The molecule has 28 heavy (non-hydrogen) atoms. The van der Waals surface area contributed by atoms with Gasteiger partial charge in [-0.15, -0.1) is 0 Å². The number of hydrogen-bond donors (Lipinski definition) is 0. The summed E-state index contributed by atoms with van der Waals surface area (Å²) in [7, 11) is 3.09.